The van der Waals surface area contributed by atoms with Crippen LogP contribution in [0.5, 0.6) is 5.75 Å². The second kappa shape index (κ2) is 7.55. The molecule has 2 N–H and O–H groups in total. The van der Waals surface area contributed by atoms with Crippen LogP contribution in [0.3, 0.4) is 0 Å². The number of fused-ring (bicyclic) bond motifs is 1. The number of pyridine rings is 1. The van der Waals surface area contributed by atoms with Gasteiger partial charge in [-0.15, -0.1) is 0 Å². The first-order valence-corrected chi connectivity index (χ1v) is 11.0. The first-order valence-electron chi connectivity index (χ1n) is 7.87. The van der Waals surface area contributed by atoms with Gasteiger partial charge in [0, 0.05) is 18.9 Å². The lowest BCUT2D eigenvalue weighted by Crippen LogP contribution is -2.31. The lowest BCUT2D eigenvalue weighted by Gasteiger charge is -2.10. The lowest BCUT2D eigenvalue weighted by atomic mass is 10.3. The highest BCUT2D eigenvalue weighted by Gasteiger charge is 2.17. The number of benzene rings is 1. The summed E-state index contributed by atoms with van der Waals surface area (Å²) in [5.74, 6) is 0.114. The molecule has 0 aliphatic heterocycles. The number of nitrogens with zero attached hydrogens (tertiary/aromatic N) is 2. The Bertz CT molecular complexity index is 1140. The summed E-state index contributed by atoms with van der Waals surface area (Å²) >= 11 is 0. The average molecular weight is 410 g/mol. The van der Waals surface area contributed by atoms with E-state index in [0.717, 1.165) is 5.52 Å². The molecule has 0 spiro atoms. The molecular weight excluding hydrogens is 392 g/mol. The fourth-order valence-electron chi connectivity index (χ4n) is 2.36. The van der Waals surface area contributed by atoms with E-state index in [1.807, 2.05) is 0 Å². The van der Waals surface area contributed by atoms with Crippen molar-refractivity contribution in [2.24, 2.45) is 0 Å². The summed E-state index contributed by atoms with van der Waals surface area (Å²) in [6, 6.07) is 10.7. The predicted molar refractivity (Wildman–Crippen MR) is 101 cm³/mol. The smallest absolute Gasteiger partial charge is 0.240 e. The Morgan fingerprint density at radius 1 is 1.07 bits per heavy atom. The minimum atomic E-state index is -3.81. The topological polar surface area (TPSA) is 119 Å². The molecular formula is C16H18N4O5S2. The molecule has 0 bridgehead atoms. The molecule has 2 heterocycles. The molecule has 144 valence electrons. The number of anilines is 1. The van der Waals surface area contributed by atoms with Crippen LogP contribution in [0.4, 0.5) is 5.69 Å². The summed E-state index contributed by atoms with van der Waals surface area (Å²) in [6.07, 6.45) is 3.22. The fourth-order valence-corrected chi connectivity index (χ4v) is 4.48. The van der Waals surface area contributed by atoms with Crippen molar-refractivity contribution in [3.63, 3.8) is 0 Å². The first-order chi connectivity index (χ1) is 12.8. The van der Waals surface area contributed by atoms with Gasteiger partial charge in [0.1, 0.15) is 5.75 Å². The normalized spacial score (nSPS) is 12.2. The summed E-state index contributed by atoms with van der Waals surface area (Å²) in [5.41, 5.74) is 1.11. The van der Waals surface area contributed by atoms with Gasteiger partial charge in [-0.2, -0.15) is 5.10 Å². The molecule has 1 aromatic carbocycles. The summed E-state index contributed by atoms with van der Waals surface area (Å²) in [5, 5.41) is 4.03. The second-order valence-electron chi connectivity index (χ2n) is 5.61. The maximum absolute atomic E-state index is 12.2. The summed E-state index contributed by atoms with van der Waals surface area (Å²) in [7, 11) is -6.06. The van der Waals surface area contributed by atoms with E-state index < -0.39 is 25.8 Å². The molecule has 0 aliphatic carbocycles. The van der Waals surface area contributed by atoms with Gasteiger partial charge in [-0.25, -0.2) is 26.1 Å². The maximum atomic E-state index is 12.2. The predicted octanol–water partition coefficient (Wildman–Crippen LogP) is 1.06. The number of methoxy groups -OCH3 is 1. The van der Waals surface area contributed by atoms with Crippen molar-refractivity contribution in [3.8, 4) is 5.75 Å². The van der Waals surface area contributed by atoms with Crippen molar-refractivity contribution in [1.29, 1.82) is 0 Å². The second-order valence-corrected chi connectivity index (χ2v) is 9.22. The van der Waals surface area contributed by atoms with Crippen molar-refractivity contribution >= 4 is 31.3 Å². The van der Waals surface area contributed by atoms with Gasteiger partial charge in [-0.1, -0.05) is 0 Å². The van der Waals surface area contributed by atoms with Crippen LogP contribution in [0.2, 0.25) is 0 Å². The number of nitrogens with one attached hydrogen (secondary N) is 2. The van der Waals surface area contributed by atoms with Crippen molar-refractivity contribution in [2.45, 2.75) is 4.90 Å². The Morgan fingerprint density at radius 2 is 1.81 bits per heavy atom. The van der Waals surface area contributed by atoms with Gasteiger partial charge in [0.15, 0.2) is 0 Å². The summed E-state index contributed by atoms with van der Waals surface area (Å²) in [4.78, 5) is 0.0276. The standard InChI is InChI=1S/C16H18N4O5S2/c1-25-15-2-4-16(5-3-15)27(23,24)18-9-11-26(21,22)19-13-7-10-20-14(12-13)6-8-17-20/h2-8,10,12,18-19H,9,11H2,1H3. The van der Waals surface area contributed by atoms with Gasteiger partial charge in [0.05, 0.1) is 29.0 Å². The van der Waals surface area contributed by atoms with E-state index in [9.17, 15) is 16.8 Å². The monoisotopic (exact) mass is 410 g/mol. The molecule has 3 rings (SSSR count). The molecule has 9 nitrogen and oxygen atoms in total. The number of sulfonamides is 2. The quantitative estimate of drug-likeness (QED) is 0.573. The molecule has 0 radical (unpaired) electrons. The van der Waals surface area contributed by atoms with Crippen LogP contribution in [0.25, 0.3) is 5.52 Å². The molecule has 0 amide bonds. The lowest BCUT2D eigenvalue weighted by molar-refractivity contribution is 0.414. The number of hydrogen-bond acceptors (Lipinski definition) is 6. The van der Waals surface area contributed by atoms with Gasteiger partial charge in [-0.05, 0) is 42.5 Å². The maximum Gasteiger partial charge on any atom is 0.240 e. The van der Waals surface area contributed by atoms with Gasteiger partial charge >= 0.3 is 0 Å². The van der Waals surface area contributed by atoms with Crippen LogP contribution < -0.4 is 14.2 Å². The van der Waals surface area contributed by atoms with Gasteiger partial charge < -0.3 is 4.74 Å². The summed E-state index contributed by atoms with van der Waals surface area (Å²) in [6.45, 7) is -0.265. The Balaban J connectivity index is 1.60. The van der Waals surface area contributed by atoms with E-state index in [4.69, 9.17) is 4.74 Å². The van der Waals surface area contributed by atoms with Gasteiger partial charge in [0.25, 0.3) is 0 Å². The van der Waals surface area contributed by atoms with Crippen LogP contribution in [0.1, 0.15) is 0 Å². The third kappa shape index (κ3) is 4.76. The van der Waals surface area contributed by atoms with Crippen LogP contribution in [0, 0.1) is 0 Å². The van der Waals surface area contributed by atoms with E-state index in [2.05, 4.69) is 14.5 Å². The van der Waals surface area contributed by atoms with Crippen LogP contribution in [-0.4, -0.2) is 45.9 Å². The minimum Gasteiger partial charge on any atom is -0.497 e. The highest BCUT2D eigenvalue weighted by molar-refractivity contribution is 7.92. The van der Waals surface area contributed by atoms with Gasteiger partial charge in [-0.3, -0.25) is 4.72 Å². The molecule has 0 saturated heterocycles. The highest BCUT2D eigenvalue weighted by Crippen LogP contribution is 2.15. The van der Waals surface area contributed by atoms with Crippen molar-refractivity contribution < 1.29 is 21.6 Å². The first kappa shape index (κ1) is 19.1. The van der Waals surface area contributed by atoms with Crippen molar-refractivity contribution in [3.05, 3.63) is 54.9 Å². The zero-order chi connectivity index (χ0) is 19.5. The number of rotatable bonds is 8. The summed E-state index contributed by atoms with van der Waals surface area (Å²) < 4.78 is 60.1. The molecule has 0 saturated carbocycles. The largest absolute Gasteiger partial charge is 0.497 e. The van der Waals surface area contributed by atoms with Crippen LogP contribution >= 0.6 is 0 Å². The van der Waals surface area contributed by atoms with Crippen LogP contribution in [0.15, 0.2) is 59.8 Å². The third-order valence-corrected chi connectivity index (χ3v) is 6.47. The fraction of sp³-hybridized carbons (Fsp3) is 0.188. The van der Waals surface area contributed by atoms with Crippen molar-refractivity contribution in [2.75, 3.05) is 24.1 Å². The number of hydrogen-bond donors (Lipinski definition) is 2. The van der Waals surface area contributed by atoms with E-state index in [-0.39, 0.29) is 11.4 Å². The Kier molecular flexibility index (Phi) is 5.35. The molecule has 27 heavy (non-hydrogen) atoms. The molecule has 0 aliphatic rings. The number of ether oxygens (including phenoxy) is 1. The molecule has 0 unspecified atom stereocenters. The van der Waals surface area contributed by atoms with Crippen LogP contribution in [-0.2, 0) is 20.0 Å². The molecule has 11 heteroatoms. The zero-order valence-corrected chi connectivity index (χ0v) is 16.0. The van der Waals surface area contributed by atoms with E-state index >= 15 is 0 Å². The molecule has 2 aromatic heterocycles. The SMILES string of the molecule is COc1ccc(S(=O)(=O)NCCS(=O)(=O)Nc2ccn3nccc3c2)cc1. The Morgan fingerprint density at radius 3 is 2.52 bits per heavy atom. The average Bonchev–Trinajstić information content (AvgIpc) is 3.08. The minimum absolute atomic E-state index is 0.0276. The van der Waals surface area contributed by atoms with E-state index in [1.165, 1.54) is 31.4 Å². The van der Waals surface area contributed by atoms with E-state index in [0.29, 0.717) is 11.4 Å². The molecule has 3 aromatic rings. The molecule has 0 atom stereocenters. The molecule has 0 fully saturated rings. The van der Waals surface area contributed by atoms with E-state index in [1.54, 1.807) is 35.1 Å². The Labute approximate surface area is 157 Å². The highest BCUT2D eigenvalue weighted by atomic mass is 32.2. The van der Waals surface area contributed by atoms with Gasteiger partial charge in [0.2, 0.25) is 20.0 Å². The van der Waals surface area contributed by atoms with Crippen molar-refractivity contribution in [1.82, 2.24) is 14.3 Å². The zero-order valence-electron chi connectivity index (χ0n) is 14.4. The third-order valence-electron chi connectivity index (χ3n) is 3.71. The Hall–Kier alpha value is -2.63. The number of aromatic nitrogens is 2.